The maximum atomic E-state index is 12.3. The number of hydrogen-bond donors (Lipinski definition) is 3. The normalized spacial score (nSPS) is 11.0. The van der Waals surface area contributed by atoms with Gasteiger partial charge in [-0.15, -0.1) is 0 Å². The molecule has 0 fully saturated rings. The van der Waals surface area contributed by atoms with Gasteiger partial charge in [0.2, 0.25) is 0 Å². The van der Waals surface area contributed by atoms with Crippen LogP contribution in [-0.2, 0) is 6.54 Å². The largest absolute Gasteiger partial charge is 0.381 e. The number of nitrogens with zero attached hydrogens (tertiary/aromatic N) is 1. The van der Waals surface area contributed by atoms with Crippen LogP contribution >= 0.6 is 0 Å². The van der Waals surface area contributed by atoms with Crippen LogP contribution in [0.2, 0.25) is 0 Å². The summed E-state index contributed by atoms with van der Waals surface area (Å²) in [6.07, 6.45) is 3.51. The van der Waals surface area contributed by atoms with Crippen LogP contribution in [0.25, 0.3) is 10.9 Å². The molecule has 0 saturated carbocycles. The fourth-order valence-corrected chi connectivity index (χ4v) is 2.97. The highest BCUT2D eigenvalue weighted by Crippen LogP contribution is 2.15. The lowest BCUT2D eigenvalue weighted by molar-refractivity contribution is 0.0955. The Morgan fingerprint density at radius 2 is 1.68 bits per heavy atom. The van der Waals surface area contributed by atoms with Gasteiger partial charge in [0.15, 0.2) is 0 Å². The average Bonchev–Trinajstić information content (AvgIpc) is 3.16. The van der Waals surface area contributed by atoms with E-state index in [9.17, 15) is 4.79 Å². The molecule has 5 nitrogen and oxygen atoms in total. The maximum absolute atomic E-state index is 12.3. The number of para-hydroxylation sites is 1. The van der Waals surface area contributed by atoms with Gasteiger partial charge in [0, 0.05) is 40.5 Å². The number of hydrogen-bond acceptors (Lipinski definition) is 3. The smallest absolute Gasteiger partial charge is 0.271 e. The topological polar surface area (TPSA) is 69.3 Å². The molecule has 1 amide bonds. The molecule has 0 atom stereocenters. The van der Waals surface area contributed by atoms with Crippen molar-refractivity contribution >= 4 is 28.7 Å². The molecule has 0 unspecified atom stereocenters. The molecule has 1 aromatic heterocycles. The number of fused-ring (bicyclic) bond motifs is 1. The highest BCUT2D eigenvalue weighted by atomic mass is 16.2. The Morgan fingerprint density at radius 3 is 2.50 bits per heavy atom. The van der Waals surface area contributed by atoms with E-state index in [1.165, 1.54) is 5.56 Å². The minimum atomic E-state index is -0.245. The van der Waals surface area contributed by atoms with Crippen molar-refractivity contribution < 1.29 is 4.79 Å². The van der Waals surface area contributed by atoms with Crippen molar-refractivity contribution in [1.82, 2.24) is 10.4 Å². The van der Waals surface area contributed by atoms with E-state index in [0.29, 0.717) is 5.56 Å². The summed E-state index contributed by atoms with van der Waals surface area (Å²) >= 11 is 0. The van der Waals surface area contributed by atoms with Crippen LogP contribution in [0, 0.1) is 0 Å². The summed E-state index contributed by atoms with van der Waals surface area (Å²) in [6.45, 7) is 0.737. The third kappa shape index (κ3) is 4.10. The van der Waals surface area contributed by atoms with E-state index in [1.54, 1.807) is 18.3 Å². The van der Waals surface area contributed by atoms with E-state index in [1.807, 2.05) is 60.8 Å². The Bertz CT molecular complexity index is 1100. The number of benzene rings is 3. The Balaban J connectivity index is 1.34. The Morgan fingerprint density at radius 1 is 0.929 bits per heavy atom. The fourth-order valence-electron chi connectivity index (χ4n) is 2.97. The number of H-pyrrole nitrogens is 1. The molecule has 4 aromatic rings. The molecule has 4 rings (SSSR count). The average molecular weight is 368 g/mol. The van der Waals surface area contributed by atoms with Gasteiger partial charge < -0.3 is 10.3 Å². The van der Waals surface area contributed by atoms with Crippen molar-refractivity contribution in [2.24, 2.45) is 5.10 Å². The van der Waals surface area contributed by atoms with Crippen LogP contribution in [-0.4, -0.2) is 17.1 Å². The SMILES string of the molecule is O=C(NN=Cc1c[nH]c2ccccc12)c1ccc(NCc2ccccc2)cc1. The molecule has 0 bridgehead atoms. The quantitative estimate of drug-likeness (QED) is 0.345. The second kappa shape index (κ2) is 8.22. The van der Waals surface area contributed by atoms with Gasteiger partial charge in [-0.1, -0.05) is 48.5 Å². The standard InChI is InChI=1S/C23H20N4O/c28-23(27-26-16-19-15-25-22-9-5-4-8-21(19)22)18-10-12-20(13-11-18)24-14-17-6-2-1-3-7-17/h1-13,15-16,24-25H,14H2,(H,27,28). The van der Waals surface area contributed by atoms with Crippen LogP contribution in [0.15, 0.2) is 90.2 Å². The number of carbonyl (C=O) groups is 1. The summed E-state index contributed by atoms with van der Waals surface area (Å²) in [4.78, 5) is 15.5. The van der Waals surface area contributed by atoms with E-state index in [-0.39, 0.29) is 5.91 Å². The first-order valence-electron chi connectivity index (χ1n) is 9.07. The lowest BCUT2D eigenvalue weighted by Gasteiger charge is -2.07. The number of rotatable bonds is 6. The number of hydrazone groups is 1. The second-order valence-corrected chi connectivity index (χ2v) is 6.41. The highest BCUT2D eigenvalue weighted by molar-refractivity contribution is 6.00. The van der Waals surface area contributed by atoms with E-state index >= 15 is 0 Å². The van der Waals surface area contributed by atoms with Crippen molar-refractivity contribution in [2.45, 2.75) is 6.54 Å². The molecule has 0 aliphatic heterocycles. The molecular formula is C23H20N4O. The highest BCUT2D eigenvalue weighted by Gasteiger charge is 2.05. The predicted octanol–water partition coefficient (Wildman–Crippen LogP) is 4.54. The zero-order chi connectivity index (χ0) is 19.2. The lowest BCUT2D eigenvalue weighted by Crippen LogP contribution is -2.17. The molecule has 3 aromatic carbocycles. The molecule has 3 N–H and O–H groups in total. The zero-order valence-corrected chi connectivity index (χ0v) is 15.2. The van der Waals surface area contributed by atoms with Gasteiger partial charge in [-0.25, -0.2) is 5.43 Å². The Kier molecular flexibility index (Phi) is 5.15. The van der Waals surface area contributed by atoms with Gasteiger partial charge in [0.1, 0.15) is 0 Å². The van der Waals surface area contributed by atoms with E-state index in [0.717, 1.165) is 28.7 Å². The van der Waals surface area contributed by atoms with Gasteiger partial charge in [-0.05, 0) is 35.9 Å². The molecule has 5 heteroatoms. The van der Waals surface area contributed by atoms with Gasteiger partial charge in [0.05, 0.1) is 6.21 Å². The van der Waals surface area contributed by atoms with E-state index in [4.69, 9.17) is 0 Å². The van der Waals surface area contributed by atoms with Gasteiger partial charge in [0.25, 0.3) is 5.91 Å². The van der Waals surface area contributed by atoms with Gasteiger partial charge >= 0.3 is 0 Å². The number of amides is 1. The minimum Gasteiger partial charge on any atom is -0.381 e. The van der Waals surface area contributed by atoms with Crippen LogP contribution in [0.4, 0.5) is 5.69 Å². The minimum absolute atomic E-state index is 0.245. The second-order valence-electron chi connectivity index (χ2n) is 6.41. The first kappa shape index (κ1) is 17.5. The molecule has 0 aliphatic rings. The molecule has 28 heavy (non-hydrogen) atoms. The van der Waals surface area contributed by atoms with Gasteiger partial charge in [-0.2, -0.15) is 5.10 Å². The third-order valence-corrected chi connectivity index (χ3v) is 4.48. The van der Waals surface area contributed by atoms with E-state index < -0.39 is 0 Å². The van der Waals surface area contributed by atoms with Crippen molar-refractivity contribution in [3.8, 4) is 0 Å². The summed E-state index contributed by atoms with van der Waals surface area (Å²) in [6, 6.07) is 25.5. The summed E-state index contributed by atoms with van der Waals surface area (Å²) in [7, 11) is 0. The molecule has 0 spiro atoms. The third-order valence-electron chi connectivity index (χ3n) is 4.48. The fraction of sp³-hybridized carbons (Fsp3) is 0.0435. The van der Waals surface area contributed by atoms with Crippen molar-refractivity contribution in [2.75, 3.05) is 5.32 Å². The van der Waals surface area contributed by atoms with Crippen LogP contribution in [0.5, 0.6) is 0 Å². The van der Waals surface area contributed by atoms with Crippen LogP contribution < -0.4 is 10.7 Å². The van der Waals surface area contributed by atoms with Crippen molar-refractivity contribution in [3.05, 3.63) is 102 Å². The lowest BCUT2D eigenvalue weighted by atomic mass is 10.2. The molecule has 0 aliphatic carbocycles. The van der Waals surface area contributed by atoms with E-state index in [2.05, 4.69) is 33.0 Å². The molecule has 0 radical (unpaired) electrons. The molecular weight excluding hydrogens is 348 g/mol. The Hall–Kier alpha value is -3.86. The predicted molar refractivity (Wildman–Crippen MR) is 114 cm³/mol. The summed E-state index contributed by atoms with van der Waals surface area (Å²) in [5.41, 5.74) is 7.26. The van der Waals surface area contributed by atoms with Crippen molar-refractivity contribution in [1.29, 1.82) is 0 Å². The van der Waals surface area contributed by atoms with Crippen LogP contribution in [0.3, 0.4) is 0 Å². The summed E-state index contributed by atoms with van der Waals surface area (Å²) in [5, 5.41) is 8.48. The summed E-state index contributed by atoms with van der Waals surface area (Å²) < 4.78 is 0. The first-order valence-corrected chi connectivity index (χ1v) is 9.07. The molecule has 0 saturated heterocycles. The monoisotopic (exact) mass is 368 g/mol. The number of aromatic nitrogens is 1. The maximum Gasteiger partial charge on any atom is 0.271 e. The van der Waals surface area contributed by atoms with Gasteiger partial charge in [-0.3, -0.25) is 4.79 Å². The number of anilines is 1. The summed E-state index contributed by atoms with van der Waals surface area (Å²) in [5.74, 6) is -0.245. The number of nitrogens with one attached hydrogen (secondary N) is 3. The van der Waals surface area contributed by atoms with Crippen molar-refractivity contribution in [3.63, 3.8) is 0 Å². The van der Waals surface area contributed by atoms with Crippen LogP contribution in [0.1, 0.15) is 21.5 Å². The molecule has 138 valence electrons. The Labute approximate surface area is 163 Å². The zero-order valence-electron chi connectivity index (χ0n) is 15.2. The number of aromatic amines is 1. The number of carbonyl (C=O) groups excluding carboxylic acids is 1. The first-order chi connectivity index (χ1) is 13.8. The molecule has 1 heterocycles.